The summed E-state index contributed by atoms with van der Waals surface area (Å²) in [4.78, 5) is 7.92. The topological polar surface area (TPSA) is 61.6 Å². The molecule has 0 atom stereocenters. The molecule has 1 aromatic carbocycles. The SMILES string of the molecule is N#Cc1ccccc1Nc1nccnc1Cl. The van der Waals surface area contributed by atoms with Gasteiger partial charge in [0.25, 0.3) is 0 Å². The van der Waals surface area contributed by atoms with Crippen molar-refractivity contribution in [3.05, 3.63) is 47.4 Å². The number of nitrogens with zero attached hydrogens (tertiary/aromatic N) is 3. The van der Waals surface area contributed by atoms with Gasteiger partial charge < -0.3 is 5.32 Å². The highest BCUT2D eigenvalue weighted by molar-refractivity contribution is 6.31. The van der Waals surface area contributed by atoms with Gasteiger partial charge in [-0.1, -0.05) is 23.7 Å². The van der Waals surface area contributed by atoms with Crippen LogP contribution in [0, 0.1) is 11.3 Å². The van der Waals surface area contributed by atoms with E-state index in [0.717, 1.165) is 0 Å². The quantitative estimate of drug-likeness (QED) is 0.862. The van der Waals surface area contributed by atoms with Gasteiger partial charge in [-0.25, -0.2) is 9.97 Å². The second-order valence-corrected chi connectivity index (χ2v) is 3.34. The van der Waals surface area contributed by atoms with E-state index in [0.29, 0.717) is 17.1 Å². The highest BCUT2D eigenvalue weighted by Crippen LogP contribution is 2.22. The van der Waals surface area contributed by atoms with Crippen LogP contribution in [0.1, 0.15) is 5.56 Å². The summed E-state index contributed by atoms with van der Waals surface area (Å²) in [6.45, 7) is 0. The van der Waals surface area contributed by atoms with E-state index in [1.165, 1.54) is 12.4 Å². The van der Waals surface area contributed by atoms with Crippen LogP contribution in [-0.2, 0) is 0 Å². The average Bonchev–Trinajstić information content (AvgIpc) is 2.33. The van der Waals surface area contributed by atoms with Gasteiger partial charge in [-0.05, 0) is 12.1 Å². The smallest absolute Gasteiger partial charge is 0.171 e. The molecule has 0 aliphatic rings. The number of halogens is 1. The molecule has 0 saturated carbocycles. The second-order valence-electron chi connectivity index (χ2n) is 2.98. The molecule has 1 aromatic heterocycles. The number of rotatable bonds is 2. The summed E-state index contributed by atoms with van der Waals surface area (Å²) in [7, 11) is 0. The van der Waals surface area contributed by atoms with E-state index < -0.39 is 0 Å². The maximum absolute atomic E-state index is 8.91. The lowest BCUT2D eigenvalue weighted by molar-refractivity contribution is 1.20. The number of benzene rings is 1. The lowest BCUT2D eigenvalue weighted by Gasteiger charge is -2.07. The number of hydrogen-bond donors (Lipinski definition) is 1. The first-order valence-electron chi connectivity index (χ1n) is 4.54. The first kappa shape index (κ1) is 10.4. The Hall–Kier alpha value is -2.12. The van der Waals surface area contributed by atoms with Gasteiger partial charge in [-0.15, -0.1) is 0 Å². The lowest BCUT2D eigenvalue weighted by Crippen LogP contribution is -1.97. The highest BCUT2D eigenvalue weighted by atomic mass is 35.5. The molecular weight excluding hydrogens is 224 g/mol. The number of aromatic nitrogens is 2. The molecule has 5 heteroatoms. The second kappa shape index (κ2) is 4.60. The van der Waals surface area contributed by atoms with Crippen LogP contribution >= 0.6 is 11.6 Å². The van der Waals surface area contributed by atoms with Crippen LogP contribution < -0.4 is 5.32 Å². The van der Waals surface area contributed by atoms with Crippen molar-refractivity contribution in [1.82, 2.24) is 9.97 Å². The molecule has 0 spiro atoms. The van der Waals surface area contributed by atoms with Gasteiger partial charge >= 0.3 is 0 Å². The predicted molar refractivity (Wildman–Crippen MR) is 61.5 cm³/mol. The predicted octanol–water partition coefficient (Wildman–Crippen LogP) is 2.75. The summed E-state index contributed by atoms with van der Waals surface area (Å²) in [5.74, 6) is 0.437. The molecule has 0 fully saturated rings. The van der Waals surface area contributed by atoms with Crippen molar-refractivity contribution >= 4 is 23.1 Å². The minimum absolute atomic E-state index is 0.273. The number of hydrogen-bond acceptors (Lipinski definition) is 4. The van der Waals surface area contributed by atoms with Gasteiger partial charge in [0, 0.05) is 12.4 Å². The van der Waals surface area contributed by atoms with E-state index in [-0.39, 0.29) is 5.15 Å². The van der Waals surface area contributed by atoms with Crippen molar-refractivity contribution in [2.24, 2.45) is 0 Å². The van der Waals surface area contributed by atoms with Crippen LogP contribution in [0.3, 0.4) is 0 Å². The Balaban J connectivity index is 2.35. The molecule has 0 bridgehead atoms. The minimum Gasteiger partial charge on any atom is -0.337 e. The maximum Gasteiger partial charge on any atom is 0.171 e. The van der Waals surface area contributed by atoms with Crippen molar-refractivity contribution in [1.29, 1.82) is 5.26 Å². The van der Waals surface area contributed by atoms with E-state index in [1.807, 2.05) is 6.07 Å². The molecule has 0 amide bonds. The van der Waals surface area contributed by atoms with E-state index in [4.69, 9.17) is 16.9 Å². The molecule has 0 aliphatic carbocycles. The Kier molecular flexibility index (Phi) is 2.99. The standard InChI is InChI=1S/C11H7ClN4/c12-10-11(15-6-5-14-10)16-9-4-2-1-3-8(9)7-13/h1-6H,(H,15,16). The lowest BCUT2D eigenvalue weighted by atomic mass is 10.2. The van der Waals surface area contributed by atoms with Crippen molar-refractivity contribution in [3.63, 3.8) is 0 Å². The fourth-order valence-corrected chi connectivity index (χ4v) is 1.37. The molecule has 4 nitrogen and oxygen atoms in total. The molecule has 0 saturated heterocycles. The third kappa shape index (κ3) is 2.10. The summed E-state index contributed by atoms with van der Waals surface area (Å²) < 4.78 is 0. The van der Waals surface area contributed by atoms with E-state index in [2.05, 4.69) is 21.4 Å². The number of nitriles is 1. The van der Waals surface area contributed by atoms with E-state index >= 15 is 0 Å². The Morgan fingerprint density at radius 1 is 1.19 bits per heavy atom. The number of nitrogens with one attached hydrogen (secondary N) is 1. The third-order valence-corrected chi connectivity index (χ3v) is 2.23. The number of anilines is 2. The molecule has 2 rings (SSSR count). The summed E-state index contributed by atoms with van der Waals surface area (Å²) in [5.41, 5.74) is 1.19. The van der Waals surface area contributed by atoms with E-state index in [1.54, 1.807) is 18.2 Å². The first-order valence-corrected chi connectivity index (χ1v) is 4.91. The van der Waals surface area contributed by atoms with Crippen molar-refractivity contribution in [3.8, 4) is 6.07 Å². The summed E-state index contributed by atoms with van der Waals surface area (Å²) in [6.07, 6.45) is 3.03. The van der Waals surface area contributed by atoms with Gasteiger partial charge in [-0.2, -0.15) is 5.26 Å². The Labute approximate surface area is 97.5 Å². The van der Waals surface area contributed by atoms with Crippen LogP contribution in [0.15, 0.2) is 36.7 Å². The average molecular weight is 231 g/mol. The Morgan fingerprint density at radius 2 is 1.94 bits per heavy atom. The van der Waals surface area contributed by atoms with Crippen molar-refractivity contribution in [2.45, 2.75) is 0 Å². The molecule has 2 aromatic rings. The van der Waals surface area contributed by atoms with Crippen LogP contribution in [0.25, 0.3) is 0 Å². The molecule has 16 heavy (non-hydrogen) atoms. The van der Waals surface area contributed by atoms with Gasteiger partial charge in [0.1, 0.15) is 6.07 Å². The zero-order valence-corrected chi connectivity index (χ0v) is 8.94. The largest absolute Gasteiger partial charge is 0.337 e. The zero-order chi connectivity index (χ0) is 11.4. The monoisotopic (exact) mass is 230 g/mol. The van der Waals surface area contributed by atoms with Gasteiger partial charge in [0.2, 0.25) is 0 Å². The van der Waals surface area contributed by atoms with Crippen molar-refractivity contribution < 1.29 is 0 Å². The maximum atomic E-state index is 8.91. The summed E-state index contributed by atoms with van der Waals surface area (Å²) in [6, 6.07) is 9.20. The molecular formula is C11H7ClN4. The van der Waals surface area contributed by atoms with Crippen LogP contribution in [0.4, 0.5) is 11.5 Å². The van der Waals surface area contributed by atoms with Gasteiger partial charge in [0.15, 0.2) is 11.0 Å². The van der Waals surface area contributed by atoms with Gasteiger partial charge in [-0.3, -0.25) is 0 Å². The fourth-order valence-electron chi connectivity index (χ4n) is 1.22. The van der Waals surface area contributed by atoms with E-state index in [9.17, 15) is 0 Å². The fraction of sp³-hybridized carbons (Fsp3) is 0. The molecule has 0 radical (unpaired) electrons. The zero-order valence-electron chi connectivity index (χ0n) is 8.18. The molecule has 78 valence electrons. The van der Waals surface area contributed by atoms with Crippen LogP contribution in [0.2, 0.25) is 5.15 Å². The van der Waals surface area contributed by atoms with Gasteiger partial charge in [0.05, 0.1) is 11.3 Å². The summed E-state index contributed by atoms with van der Waals surface area (Å²) in [5, 5.41) is 12.1. The van der Waals surface area contributed by atoms with Crippen LogP contribution in [0.5, 0.6) is 0 Å². The normalized spacial score (nSPS) is 9.50. The highest BCUT2D eigenvalue weighted by Gasteiger charge is 2.05. The first-order chi connectivity index (χ1) is 7.81. The molecule has 0 unspecified atom stereocenters. The molecule has 1 N–H and O–H groups in total. The van der Waals surface area contributed by atoms with Crippen molar-refractivity contribution in [2.75, 3.05) is 5.32 Å². The molecule has 0 aliphatic heterocycles. The van der Waals surface area contributed by atoms with Crippen LogP contribution in [-0.4, -0.2) is 9.97 Å². The Morgan fingerprint density at radius 3 is 2.69 bits per heavy atom. The third-order valence-electron chi connectivity index (χ3n) is 1.95. The Bertz CT molecular complexity index is 548. The summed E-state index contributed by atoms with van der Waals surface area (Å²) >= 11 is 5.85. The minimum atomic E-state index is 0.273. The number of para-hydroxylation sites is 1. The molecule has 1 heterocycles.